The van der Waals surface area contributed by atoms with Gasteiger partial charge in [-0.3, -0.25) is 4.79 Å². The minimum absolute atomic E-state index is 0.0113. The van der Waals surface area contributed by atoms with Crippen LogP contribution in [0.1, 0.15) is 28.8 Å². The summed E-state index contributed by atoms with van der Waals surface area (Å²) in [6.45, 7) is 1.37. The van der Waals surface area contributed by atoms with Crippen LogP contribution >= 0.6 is 0 Å². The number of ether oxygens (including phenoxy) is 3. The number of hydrogen-bond donors (Lipinski definition) is 0. The number of carbonyl (C=O) groups is 1. The van der Waals surface area contributed by atoms with Crippen LogP contribution in [0.15, 0.2) is 57.7 Å². The summed E-state index contributed by atoms with van der Waals surface area (Å²) in [6, 6.07) is 14.2. The van der Waals surface area contributed by atoms with Crippen molar-refractivity contribution in [1.29, 1.82) is 0 Å². The van der Waals surface area contributed by atoms with Gasteiger partial charge < -0.3 is 23.5 Å². The average molecular weight is 423 g/mol. The first kappa shape index (κ1) is 20.9. The molecule has 3 aromatic rings. The highest BCUT2D eigenvalue weighted by Gasteiger charge is 2.26. The number of carbonyl (C=O) groups excluding carboxylic acids is 1. The van der Waals surface area contributed by atoms with Gasteiger partial charge in [0.05, 0.1) is 20.3 Å². The Kier molecular flexibility index (Phi) is 6.23. The van der Waals surface area contributed by atoms with Crippen LogP contribution in [0, 0.1) is 0 Å². The summed E-state index contributed by atoms with van der Waals surface area (Å²) in [6.07, 6.45) is 1.78. The van der Waals surface area contributed by atoms with E-state index in [0.29, 0.717) is 42.2 Å². The van der Waals surface area contributed by atoms with Crippen molar-refractivity contribution in [2.45, 2.75) is 25.5 Å². The number of hydrogen-bond acceptors (Lipinski definition) is 6. The molecule has 7 nitrogen and oxygen atoms in total. The highest BCUT2D eigenvalue weighted by atomic mass is 16.5. The van der Waals surface area contributed by atoms with E-state index in [1.807, 2.05) is 24.3 Å². The summed E-state index contributed by atoms with van der Waals surface area (Å²) < 4.78 is 21.8. The Bertz CT molecular complexity index is 1130. The van der Waals surface area contributed by atoms with Crippen molar-refractivity contribution < 1.29 is 23.4 Å². The van der Waals surface area contributed by atoms with Crippen LogP contribution in [0.5, 0.6) is 11.5 Å². The van der Waals surface area contributed by atoms with Crippen LogP contribution in [0.25, 0.3) is 11.0 Å². The standard InChI is InChI=1S/C24H25NO6/c1-28-21-10-9-16(12-22(21)29-2)14-25(15-18-7-5-11-30-18)23(26)19-13-17-6-3-4-8-20(17)31-24(19)27/h3-4,6,8-10,12-13,18H,5,7,11,14-15H2,1-2H3/t18-/m0/s1. The van der Waals surface area contributed by atoms with Gasteiger partial charge >= 0.3 is 5.63 Å². The van der Waals surface area contributed by atoms with E-state index >= 15 is 0 Å². The highest BCUT2D eigenvalue weighted by molar-refractivity contribution is 5.96. The summed E-state index contributed by atoms with van der Waals surface area (Å²) in [5.41, 5.74) is 0.675. The van der Waals surface area contributed by atoms with Gasteiger partial charge in [-0.2, -0.15) is 0 Å². The van der Waals surface area contributed by atoms with Gasteiger partial charge in [-0.05, 0) is 42.7 Å². The molecule has 31 heavy (non-hydrogen) atoms. The first-order valence-corrected chi connectivity index (χ1v) is 10.2. The Morgan fingerprint density at radius 1 is 1.10 bits per heavy atom. The van der Waals surface area contributed by atoms with Crippen molar-refractivity contribution in [3.63, 3.8) is 0 Å². The molecule has 1 aromatic heterocycles. The van der Waals surface area contributed by atoms with Crippen LogP contribution in [0.4, 0.5) is 0 Å². The predicted octanol–water partition coefficient (Wildman–Crippen LogP) is 3.63. The molecule has 0 spiro atoms. The first-order valence-electron chi connectivity index (χ1n) is 10.2. The van der Waals surface area contributed by atoms with Gasteiger partial charge in [-0.15, -0.1) is 0 Å². The molecule has 0 radical (unpaired) electrons. The number of nitrogens with zero attached hydrogens (tertiary/aromatic N) is 1. The SMILES string of the molecule is COc1ccc(CN(C[C@@H]2CCCO2)C(=O)c2cc3ccccc3oc2=O)cc1OC. The molecule has 0 N–H and O–H groups in total. The molecule has 2 aromatic carbocycles. The maximum absolute atomic E-state index is 13.4. The van der Waals surface area contributed by atoms with Gasteiger partial charge in [0.15, 0.2) is 11.5 Å². The summed E-state index contributed by atoms with van der Waals surface area (Å²) in [5, 5.41) is 0.702. The molecule has 162 valence electrons. The quantitative estimate of drug-likeness (QED) is 0.540. The van der Waals surface area contributed by atoms with E-state index in [2.05, 4.69) is 0 Å². The molecule has 1 fully saturated rings. The second-order valence-corrected chi connectivity index (χ2v) is 7.50. The van der Waals surface area contributed by atoms with E-state index in [1.165, 1.54) is 0 Å². The van der Waals surface area contributed by atoms with Gasteiger partial charge in [0.25, 0.3) is 5.91 Å². The predicted molar refractivity (Wildman–Crippen MR) is 116 cm³/mol. The van der Waals surface area contributed by atoms with Crippen molar-refractivity contribution >= 4 is 16.9 Å². The summed E-state index contributed by atoms with van der Waals surface area (Å²) in [7, 11) is 3.14. The van der Waals surface area contributed by atoms with Crippen LogP contribution in [-0.4, -0.2) is 44.3 Å². The highest BCUT2D eigenvalue weighted by Crippen LogP contribution is 2.28. The number of amides is 1. The lowest BCUT2D eigenvalue weighted by Crippen LogP contribution is -2.38. The smallest absolute Gasteiger partial charge is 0.349 e. The average Bonchev–Trinajstić information content (AvgIpc) is 3.30. The summed E-state index contributed by atoms with van der Waals surface area (Å²) >= 11 is 0. The van der Waals surface area contributed by atoms with E-state index in [1.54, 1.807) is 43.4 Å². The van der Waals surface area contributed by atoms with Crippen molar-refractivity contribution in [1.82, 2.24) is 4.90 Å². The maximum atomic E-state index is 13.4. The van der Waals surface area contributed by atoms with Gasteiger partial charge in [0.1, 0.15) is 11.1 Å². The molecular formula is C24H25NO6. The van der Waals surface area contributed by atoms with E-state index in [-0.39, 0.29) is 17.6 Å². The van der Waals surface area contributed by atoms with Gasteiger partial charge in [0.2, 0.25) is 0 Å². The second kappa shape index (κ2) is 9.22. The zero-order valence-electron chi connectivity index (χ0n) is 17.6. The minimum Gasteiger partial charge on any atom is -0.493 e. The Labute approximate surface area is 180 Å². The molecule has 0 bridgehead atoms. The Hall–Kier alpha value is -3.32. The van der Waals surface area contributed by atoms with Crippen LogP contribution in [-0.2, 0) is 11.3 Å². The number of para-hydroxylation sites is 1. The molecule has 1 amide bonds. The monoisotopic (exact) mass is 423 g/mol. The molecule has 1 aliphatic heterocycles. The third-order valence-corrected chi connectivity index (χ3v) is 5.43. The molecule has 0 unspecified atom stereocenters. The lowest BCUT2D eigenvalue weighted by atomic mass is 10.1. The van der Waals surface area contributed by atoms with E-state index in [0.717, 1.165) is 18.4 Å². The molecule has 0 saturated carbocycles. The normalized spacial score (nSPS) is 15.7. The third-order valence-electron chi connectivity index (χ3n) is 5.43. The fourth-order valence-electron chi connectivity index (χ4n) is 3.83. The molecule has 7 heteroatoms. The van der Waals surface area contributed by atoms with Crippen LogP contribution < -0.4 is 15.1 Å². The molecule has 4 rings (SSSR count). The fraction of sp³-hybridized carbons (Fsp3) is 0.333. The molecule has 2 heterocycles. The molecule has 1 atom stereocenters. The number of methoxy groups -OCH3 is 2. The van der Waals surface area contributed by atoms with Crippen molar-refractivity contribution in [2.24, 2.45) is 0 Å². The lowest BCUT2D eigenvalue weighted by Gasteiger charge is -2.25. The van der Waals surface area contributed by atoms with E-state index < -0.39 is 5.63 Å². The minimum atomic E-state index is -0.645. The number of rotatable bonds is 7. The van der Waals surface area contributed by atoms with E-state index in [9.17, 15) is 9.59 Å². The van der Waals surface area contributed by atoms with Crippen molar-refractivity contribution in [3.05, 3.63) is 70.1 Å². The zero-order chi connectivity index (χ0) is 21.8. The second-order valence-electron chi connectivity index (χ2n) is 7.50. The molecule has 1 aliphatic rings. The molecular weight excluding hydrogens is 398 g/mol. The van der Waals surface area contributed by atoms with Gasteiger partial charge in [-0.25, -0.2) is 4.79 Å². The van der Waals surface area contributed by atoms with Gasteiger partial charge in [-0.1, -0.05) is 24.3 Å². The fourth-order valence-corrected chi connectivity index (χ4v) is 3.83. The van der Waals surface area contributed by atoms with Crippen LogP contribution in [0.2, 0.25) is 0 Å². The molecule has 1 saturated heterocycles. The van der Waals surface area contributed by atoms with Crippen LogP contribution in [0.3, 0.4) is 0 Å². The lowest BCUT2D eigenvalue weighted by molar-refractivity contribution is 0.0504. The van der Waals surface area contributed by atoms with Crippen molar-refractivity contribution in [3.8, 4) is 11.5 Å². The first-order chi connectivity index (χ1) is 15.1. The summed E-state index contributed by atoms with van der Waals surface area (Å²) in [5.74, 6) is 0.804. The Morgan fingerprint density at radius 3 is 2.65 bits per heavy atom. The van der Waals surface area contributed by atoms with Gasteiger partial charge in [0, 0.05) is 25.1 Å². The Balaban J connectivity index is 1.67. The maximum Gasteiger partial charge on any atom is 0.349 e. The van der Waals surface area contributed by atoms with E-state index in [4.69, 9.17) is 18.6 Å². The Morgan fingerprint density at radius 2 is 1.90 bits per heavy atom. The third kappa shape index (κ3) is 4.56. The van der Waals surface area contributed by atoms with Crippen molar-refractivity contribution in [2.75, 3.05) is 27.4 Å². The largest absolute Gasteiger partial charge is 0.493 e. The number of fused-ring (bicyclic) bond motifs is 1. The topological polar surface area (TPSA) is 78.2 Å². The molecule has 0 aliphatic carbocycles. The zero-order valence-corrected chi connectivity index (χ0v) is 17.6. The summed E-state index contributed by atoms with van der Waals surface area (Å²) in [4.78, 5) is 27.6. The number of benzene rings is 2.